The van der Waals surface area contributed by atoms with Crippen molar-refractivity contribution in [2.45, 2.75) is 13.8 Å². The molecule has 0 aromatic heterocycles. The Morgan fingerprint density at radius 2 is 1.61 bits per heavy atom. The second-order valence-corrected chi connectivity index (χ2v) is 8.34. The van der Waals surface area contributed by atoms with Crippen LogP contribution in [-0.4, -0.2) is 16.1 Å². The molecule has 0 N–H and O–H groups in total. The number of aliphatic imine (C=N–C) groups is 1. The van der Waals surface area contributed by atoms with Gasteiger partial charge in [-0.25, -0.2) is 0 Å². The lowest BCUT2D eigenvalue weighted by atomic mass is 10.1. The van der Waals surface area contributed by atoms with Crippen molar-refractivity contribution in [1.29, 1.82) is 0 Å². The van der Waals surface area contributed by atoms with E-state index in [2.05, 4.69) is 36.9 Å². The Labute approximate surface area is 194 Å². The van der Waals surface area contributed by atoms with Crippen molar-refractivity contribution in [2.75, 3.05) is 0 Å². The monoisotopic (exact) mass is 547 g/mol. The molecule has 3 aromatic rings. The van der Waals surface area contributed by atoms with Gasteiger partial charge in [0.1, 0.15) is 0 Å². The first-order chi connectivity index (χ1) is 14.7. The van der Waals surface area contributed by atoms with Crippen molar-refractivity contribution in [1.82, 2.24) is 0 Å². The first-order valence-electron chi connectivity index (χ1n) is 8.86. The molecule has 0 aliphatic carbocycles. The molecule has 158 valence electrons. The van der Waals surface area contributed by atoms with E-state index in [-0.39, 0.29) is 5.75 Å². The molecule has 0 atom stereocenters. The highest BCUT2D eigenvalue weighted by Crippen LogP contribution is 2.41. The first-order valence-corrected chi connectivity index (χ1v) is 10.5. The zero-order valence-corrected chi connectivity index (χ0v) is 19.5. The normalized spacial score (nSPS) is 11.0. The molecule has 3 aromatic carbocycles. The topological polar surface area (TPSA) is 108 Å². The predicted molar refractivity (Wildman–Crippen MR) is 125 cm³/mol. The maximum absolute atomic E-state index is 11.3. The van der Waals surface area contributed by atoms with Crippen LogP contribution in [0.25, 0.3) is 0 Å². The summed E-state index contributed by atoms with van der Waals surface area (Å²) in [5.74, 6) is 0.176. The number of non-ortho nitro benzene ring substituents is 1. The van der Waals surface area contributed by atoms with E-state index < -0.39 is 21.2 Å². The number of benzene rings is 3. The Balaban J connectivity index is 1.93. The van der Waals surface area contributed by atoms with E-state index in [4.69, 9.17) is 4.74 Å². The summed E-state index contributed by atoms with van der Waals surface area (Å²) in [7, 11) is 0. The summed E-state index contributed by atoms with van der Waals surface area (Å²) < 4.78 is 6.77. The Morgan fingerprint density at radius 1 is 0.935 bits per heavy atom. The number of ether oxygens (including phenoxy) is 1. The number of nitro groups is 2. The van der Waals surface area contributed by atoms with Gasteiger partial charge in [-0.2, -0.15) is 0 Å². The van der Waals surface area contributed by atoms with Gasteiger partial charge in [0.2, 0.25) is 5.75 Å². The average Bonchev–Trinajstić information content (AvgIpc) is 2.71. The lowest BCUT2D eigenvalue weighted by Gasteiger charge is -2.11. The minimum Gasteiger partial charge on any atom is -0.448 e. The third-order valence-corrected chi connectivity index (χ3v) is 5.48. The standard InChI is InChI=1S/C21H15Br2N3O5/c1-12-3-4-13(2)18(7-12)24-11-14-8-16(22)21(17(23)9-14)31-20-6-5-15(25(27)28)10-19(20)26(29)30/h3-11H,1-2H3. The largest absolute Gasteiger partial charge is 0.448 e. The van der Waals surface area contributed by atoms with Crippen LogP contribution in [0.15, 0.2) is 62.5 Å². The molecule has 0 unspecified atom stereocenters. The van der Waals surface area contributed by atoms with Crippen LogP contribution in [0.5, 0.6) is 11.5 Å². The van der Waals surface area contributed by atoms with Crippen molar-refractivity contribution >= 4 is 55.1 Å². The maximum Gasteiger partial charge on any atom is 0.318 e. The summed E-state index contributed by atoms with van der Waals surface area (Å²) in [5.41, 5.74) is 2.88. The smallest absolute Gasteiger partial charge is 0.318 e. The molecule has 0 aliphatic heterocycles. The Morgan fingerprint density at radius 3 is 2.23 bits per heavy atom. The number of halogens is 2. The average molecular weight is 549 g/mol. The van der Waals surface area contributed by atoms with Gasteiger partial charge in [0.05, 0.1) is 30.5 Å². The van der Waals surface area contributed by atoms with Gasteiger partial charge in [-0.3, -0.25) is 25.2 Å². The molecule has 0 radical (unpaired) electrons. The van der Waals surface area contributed by atoms with Gasteiger partial charge in [-0.05, 0) is 86.7 Å². The van der Waals surface area contributed by atoms with Crippen LogP contribution in [0, 0.1) is 34.1 Å². The Kier molecular flexibility index (Phi) is 6.81. The van der Waals surface area contributed by atoms with E-state index in [1.165, 1.54) is 6.07 Å². The molecule has 0 saturated heterocycles. The highest BCUT2D eigenvalue weighted by Gasteiger charge is 2.22. The van der Waals surface area contributed by atoms with Gasteiger partial charge in [-0.15, -0.1) is 0 Å². The molecule has 0 heterocycles. The highest BCUT2D eigenvalue weighted by molar-refractivity contribution is 9.11. The van der Waals surface area contributed by atoms with Crippen LogP contribution in [0.1, 0.15) is 16.7 Å². The van der Waals surface area contributed by atoms with Crippen molar-refractivity contribution in [3.8, 4) is 11.5 Å². The van der Waals surface area contributed by atoms with Crippen LogP contribution in [0.2, 0.25) is 0 Å². The highest BCUT2D eigenvalue weighted by atomic mass is 79.9. The molecule has 31 heavy (non-hydrogen) atoms. The second-order valence-electron chi connectivity index (χ2n) is 6.63. The van der Waals surface area contributed by atoms with Crippen LogP contribution in [0.4, 0.5) is 17.1 Å². The van der Waals surface area contributed by atoms with Gasteiger partial charge >= 0.3 is 5.69 Å². The molecule has 8 nitrogen and oxygen atoms in total. The summed E-state index contributed by atoms with van der Waals surface area (Å²) in [4.78, 5) is 25.4. The van der Waals surface area contributed by atoms with Crippen LogP contribution in [-0.2, 0) is 0 Å². The summed E-state index contributed by atoms with van der Waals surface area (Å²) in [6, 6.07) is 12.7. The molecule has 0 amide bonds. The quantitative estimate of drug-likeness (QED) is 0.184. The van der Waals surface area contributed by atoms with Gasteiger partial charge in [-0.1, -0.05) is 12.1 Å². The molecule has 3 rings (SSSR count). The zero-order valence-electron chi connectivity index (χ0n) is 16.3. The van der Waals surface area contributed by atoms with Gasteiger partial charge in [0.25, 0.3) is 5.69 Å². The predicted octanol–water partition coefficient (Wildman–Crippen LogP) is 7.19. The van der Waals surface area contributed by atoms with E-state index in [1.54, 1.807) is 18.3 Å². The van der Waals surface area contributed by atoms with Crippen LogP contribution in [0.3, 0.4) is 0 Å². The van der Waals surface area contributed by atoms with Crippen LogP contribution < -0.4 is 4.74 Å². The summed E-state index contributed by atoms with van der Waals surface area (Å²) in [5, 5.41) is 22.3. The maximum atomic E-state index is 11.3. The molecular formula is C21H15Br2N3O5. The third-order valence-electron chi connectivity index (χ3n) is 4.30. The number of nitrogens with zero attached hydrogens (tertiary/aromatic N) is 3. The Hall–Kier alpha value is -3.11. The van der Waals surface area contributed by atoms with E-state index in [0.717, 1.165) is 34.5 Å². The number of rotatable bonds is 6. The van der Waals surface area contributed by atoms with Gasteiger partial charge in [0.15, 0.2) is 5.75 Å². The second kappa shape index (κ2) is 9.36. The number of hydrogen-bond donors (Lipinski definition) is 0. The molecule has 10 heteroatoms. The SMILES string of the molecule is Cc1ccc(C)c(N=Cc2cc(Br)c(Oc3ccc([N+](=O)[O-])cc3[N+](=O)[O-])c(Br)c2)c1. The molecule has 0 aliphatic rings. The number of nitro benzene ring substituents is 2. The lowest BCUT2D eigenvalue weighted by Crippen LogP contribution is -1.97. The Bertz CT molecular complexity index is 1200. The summed E-state index contributed by atoms with van der Waals surface area (Å²) in [6.45, 7) is 3.97. The van der Waals surface area contributed by atoms with Crippen LogP contribution >= 0.6 is 31.9 Å². The van der Waals surface area contributed by atoms with Crippen molar-refractivity contribution < 1.29 is 14.6 Å². The minimum atomic E-state index is -0.727. The molecule has 0 fully saturated rings. The molecule has 0 bridgehead atoms. The fourth-order valence-electron chi connectivity index (χ4n) is 2.71. The van der Waals surface area contributed by atoms with Gasteiger partial charge < -0.3 is 4.74 Å². The number of aryl methyl sites for hydroxylation is 2. The summed E-state index contributed by atoms with van der Waals surface area (Å²) >= 11 is 6.82. The first kappa shape index (κ1) is 22.6. The molecule has 0 saturated carbocycles. The van der Waals surface area contributed by atoms with Crippen molar-refractivity contribution in [2.24, 2.45) is 4.99 Å². The van der Waals surface area contributed by atoms with Crippen molar-refractivity contribution in [3.05, 3.63) is 94.4 Å². The molecule has 0 spiro atoms. The van der Waals surface area contributed by atoms with E-state index in [0.29, 0.717) is 14.7 Å². The fourth-order valence-corrected chi connectivity index (χ4v) is 4.10. The molecular weight excluding hydrogens is 534 g/mol. The minimum absolute atomic E-state index is 0.117. The fraction of sp³-hybridized carbons (Fsp3) is 0.0952. The van der Waals surface area contributed by atoms with E-state index >= 15 is 0 Å². The lowest BCUT2D eigenvalue weighted by molar-refractivity contribution is -0.394. The zero-order chi connectivity index (χ0) is 22.7. The number of hydrogen-bond acceptors (Lipinski definition) is 6. The van der Waals surface area contributed by atoms with E-state index in [1.807, 2.05) is 32.0 Å². The summed E-state index contributed by atoms with van der Waals surface area (Å²) in [6.07, 6.45) is 1.70. The van der Waals surface area contributed by atoms with Crippen molar-refractivity contribution in [3.63, 3.8) is 0 Å². The van der Waals surface area contributed by atoms with Gasteiger partial charge in [0, 0.05) is 12.3 Å². The third kappa shape index (κ3) is 5.33. The van der Waals surface area contributed by atoms with E-state index in [9.17, 15) is 20.2 Å².